The van der Waals surface area contributed by atoms with Crippen molar-refractivity contribution in [2.45, 2.75) is 32.4 Å². The summed E-state index contributed by atoms with van der Waals surface area (Å²) in [6.45, 7) is 4.11. The SMILES string of the molecule is C#CC(CC)NC(C)c1cc(OC)c(OC)c(OC)c1. The summed E-state index contributed by atoms with van der Waals surface area (Å²) in [6, 6.07) is 4.00. The predicted octanol–water partition coefficient (Wildman–Crippen LogP) is 2.77. The average Bonchev–Trinajstić information content (AvgIpc) is 2.50. The normalized spacial score (nSPS) is 13.2. The fraction of sp³-hybridized carbons (Fsp3) is 0.500. The zero-order valence-corrected chi connectivity index (χ0v) is 12.8. The molecule has 110 valence electrons. The molecule has 0 fully saturated rings. The highest BCUT2D eigenvalue weighted by Gasteiger charge is 2.17. The molecular weight excluding hydrogens is 254 g/mol. The summed E-state index contributed by atoms with van der Waals surface area (Å²) in [6.07, 6.45) is 6.37. The minimum Gasteiger partial charge on any atom is -0.493 e. The van der Waals surface area contributed by atoms with Gasteiger partial charge in [-0.15, -0.1) is 6.42 Å². The predicted molar refractivity (Wildman–Crippen MR) is 80.6 cm³/mol. The topological polar surface area (TPSA) is 39.7 Å². The Kier molecular flexibility index (Phi) is 6.20. The van der Waals surface area contributed by atoms with E-state index >= 15 is 0 Å². The average molecular weight is 277 g/mol. The van der Waals surface area contributed by atoms with Crippen LogP contribution in [0.5, 0.6) is 17.2 Å². The maximum Gasteiger partial charge on any atom is 0.203 e. The molecule has 0 aliphatic rings. The zero-order chi connectivity index (χ0) is 15.1. The first-order valence-corrected chi connectivity index (χ1v) is 6.63. The molecule has 0 saturated heterocycles. The number of nitrogens with one attached hydrogen (secondary N) is 1. The maximum absolute atomic E-state index is 5.49. The van der Waals surface area contributed by atoms with Gasteiger partial charge in [0.05, 0.1) is 27.4 Å². The smallest absolute Gasteiger partial charge is 0.203 e. The summed E-state index contributed by atoms with van der Waals surface area (Å²) in [5.41, 5.74) is 1.04. The number of rotatable bonds is 7. The lowest BCUT2D eigenvalue weighted by atomic mass is 10.1. The number of methoxy groups -OCH3 is 3. The van der Waals surface area contributed by atoms with Crippen molar-refractivity contribution in [3.8, 4) is 29.6 Å². The van der Waals surface area contributed by atoms with Crippen molar-refractivity contribution in [2.75, 3.05) is 21.3 Å². The van der Waals surface area contributed by atoms with Crippen LogP contribution in [0.3, 0.4) is 0 Å². The van der Waals surface area contributed by atoms with Crippen LogP contribution in [-0.4, -0.2) is 27.4 Å². The van der Waals surface area contributed by atoms with Gasteiger partial charge in [-0.1, -0.05) is 12.8 Å². The Bertz CT molecular complexity index is 454. The quantitative estimate of drug-likeness (QED) is 0.778. The summed E-state index contributed by atoms with van der Waals surface area (Å²) < 4.78 is 16.0. The van der Waals surface area contributed by atoms with Crippen molar-refractivity contribution in [3.05, 3.63) is 17.7 Å². The van der Waals surface area contributed by atoms with Gasteiger partial charge in [-0.25, -0.2) is 0 Å². The lowest BCUT2D eigenvalue weighted by molar-refractivity contribution is 0.323. The summed E-state index contributed by atoms with van der Waals surface area (Å²) in [5.74, 6) is 4.61. The standard InChI is InChI=1S/C16H23NO3/c1-7-13(8-2)17-11(3)12-9-14(18-4)16(20-6)15(10-12)19-5/h1,9-11,13,17H,8H2,2-6H3. The summed E-state index contributed by atoms with van der Waals surface area (Å²) in [7, 11) is 4.80. The second kappa shape index (κ2) is 7.66. The zero-order valence-electron chi connectivity index (χ0n) is 12.8. The Morgan fingerprint density at radius 3 is 2.05 bits per heavy atom. The minimum absolute atomic E-state index is 0.0455. The van der Waals surface area contributed by atoms with Crippen LogP contribution < -0.4 is 19.5 Å². The monoisotopic (exact) mass is 277 g/mol. The third kappa shape index (κ3) is 3.58. The molecule has 0 bridgehead atoms. The number of hydrogen-bond donors (Lipinski definition) is 1. The Morgan fingerprint density at radius 1 is 1.15 bits per heavy atom. The van der Waals surface area contributed by atoms with Crippen molar-refractivity contribution in [1.29, 1.82) is 0 Å². The van der Waals surface area contributed by atoms with Crippen LogP contribution in [0.1, 0.15) is 31.9 Å². The Balaban J connectivity index is 3.09. The fourth-order valence-electron chi connectivity index (χ4n) is 2.03. The molecule has 0 aliphatic carbocycles. The van der Waals surface area contributed by atoms with Gasteiger partial charge in [-0.2, -0.15) is 0 Å². The first-order valence-electron chi connectivity index (χ1n) is 6.63. The van der Waals surface area contributed by atoms with Crippen LogP contribution in [0.15, 0.2) is 12.1 Å². The molecule has 2 unspecified atom stereocenters. The molecule has 1 rings (SSSR count). The van der Waals surface area contributed by atoms with Gasteiger partial charge in [0.25, 0.3) is 0 Å². The molecule has 0 spiro atoms. The molecule has 0 saturated carbocycles. The van der Waals surface area contributed by atoms with Gasteiger partial charge in [0, 0.05) is 6.04 Å². The van der Waals surface area contributed by atoms with E-state index in [4.69, 9.17) is 20.6 Å². The van der Waals surface area contributed by atoms with E-state index in [1.807, 2.05) is 12.1 Å². The van der Waals surface area contributed by atoms with Crippen molar-refractivity contribution >= 4 is 0 Å². The molecule has 4 nitrogen and oxygen atoms in total. The molecule has 0 heterocycles. The molecule has 1 N–H and O–H groups in total. The Morgan fingerprint density at radius 2 is 1.70 bits per heavy atom. The summed E-state index contributed by atoms with van der Waals surface area (Å²) in [4.78, 5) is 0. The van der Waals surface area contributed by atoms with E-state index in [9.17, 15) is 0 Å². The molecule has 4 heteroatoms. The molecule has 0 amide bonds. The van der Waals surface area contributed by atoms with Gasteiger partial charge in [0.15, 0.2) is 11.5 Å². The van der Waals surface area contributed by atoms with Gasteiger partial charge in [0.1, 0.15) is 0 Å². The van der Waals surface area contributed by atoms with Crippen LogP contribution in [-0.2, 0) is 0 Å². The van der Waals surface area contributed by atoms with E-state index in [0.29, 0.717) is 17.2 Å². The minimum atomic E-state index is 0.0455. The van der Waals surface area contributed by atoms with E-state index < -0.39 is 0 Å². The van der Waals surface area contributed by atoms with E-state index in [0.717, 1.165) is 12.0 Å². The molecule has 0 aromatic heterocycles. The fourth-order valence-corrected chi connectivity index (χ4v) is 2.03. The van der Waals surface area contributed by atoms with Gasteiger partial charge in [0.2, 0.25) is 5.75 Å². The highest BCUT2D eigenvalue weighted by molar-refractivity contribution is 5.54. The summed E-state index contributed by atoms with van der Waals surface area (Å²) in [5, 5.41) is 3.38. The number of hydrogen-bond acceptors (Lipinski definition) is 4. The van der Waals surface area contributed by atoms with Gasteiger partial charge < -0.3 is 14.2 Å². The largest absolute Gasteiger partial charge is 0.493 e. The van der Waals surface area contributed by atoms with Crippen LogP contribution >= 0.6 is 0 Å². The highest BCUT2D eigenvalue weighted by Crippen LogP contribution is 2.39. The van der Waals surface area contributed by atoms with Crippen LogP contribution in [0, 0.1) is 12.3 Å². The van der Waals surface area contributed by atoms with Crippen molar-refractivity contribution in [3.63, 3.8) is 0 Å². The molecule has 1 aromatic rings. The van der Waals surface area contributed by atoms with E-state index in [1.165, 1.54) is 0 Å². The third-order valence-corrected chi connectivity index (χ3v) is 3.25. The molecule has 0 radical (unpaired) electrons. The first-order chi connectivity index (χ1) is 9.60. The number of ether oxygens (including phenoxy) is 3. The van der Waals surface area contributed by atoms with Crippen LogP contribution in [0.25, 0.3) is 0 Å². The molecular formula is C16H23NO3. The second-order valence-corrected chi connectivity index (χ2v) is 4.47. The van der Waals surface area contributed by atoms with E-state index in [1.54, 1.807) is 21.3 Å². The Hall–Kier alpha value is -1.86. The molecule has 20 heavy (non-hydrogen) atoms. The molecule has 0 aliphatic heterocycles. The first kappa shape index (κ1) is 16.2. The summed E-state index contributed by atoms with van der Waals surface area (Å²) >= 11 is 0. The lowest BCUT2D eigenvalue weighted by Gasteiger charge is -2.21. The highest BCUT2D eigenvalue weighted by atomic mass is 16.5. The van der Waals surface area contributed by atoms with Gasteiger partial charge in [-0.05, 0) is 31.0 Å². The van der Waals surface area contributed by atoms with Gasteiger partial charge >= 0.3 is 0 Å². The lowest BCUT2D eigenvalue weighted by Crippen LogP contribution is -2.29. The third-order valence-electron chi connectivity index (χ3n) is 3.25. The molecule has 2 atom stereocenters. The number of benzene rings is 1. The van der Waals surface area contributed by atoms with Crippen molar-refractivity contribution in [2.24, 2.45) is 0 Å². The van der Waals surface area contributed by atoms with Crippen LogP contribution in [0.2, 0.25) is 0 Å². The second-order valence-electron chi connectivity index (χ2n) is 4.47. The molecule has 1 aromatic carbocycles. The number of terminal acetylenes is 1. The van der Waals surface area contributed by atoms with Crippen molar-refractivity contribution in [1.82, 2.24) is 5.32 Å². The van der Waals surface area contributed by atoms with E-state index in [2.05, 4.69) is 25.1 Å². The Labute approximate surface area is 121 Å². The van der Waals surface area contributed by atoms with Crippen molar-refractivity contribution < 1.29 is 14.2 Å². The maximum atomic E-state index is 5.49. The van der Waals surface area contributed by atoms with Crippen LogP contribution in [0.4, 0.5) is 0 Å². The van der Waals surface area contributed by atoms with E-state index in [-0.39, 0.29) is 12.1 Å². The van der Waals surface area contributed by atoms with Gasteiger partial charge in [-0.3, -0.25) is 5.32 Å².